The van der Waals surface area contributed by atoms with Gasteiger partial charge in [0, 0.05) is 23.1 Å². The molecule has 3 rings (SSSR count). The van der Waals surface area contributed by atoms with Crippen LogP contribution < -0.4 is 5.32 Å². The van der Waals surface area contributed by atoms with Gasteiger partial charge in [0.25, 0.3) is 0 Å². The monoisotopic (exact) mass is 471 g/mol. The average molecular weight is 472 g/mol. The summed E-state index contributed by atoms with van der Waals surface area (Å²) in [5.41, 5.74) is 3.56. The molecule has 29 heavy (non-hydrogen) atoms. The number of anilines is 1. The normalized spacial score (nSPS) is 17.6. The molecule has 2 amide bonds. The van der Waals surface area contributed by atoms with Crippen LogP contribution >= 0.6 is 27.7 Å². The second kappa shape index (κ2) is 9.41. The van der Waals surface area contributed by atoms with Gasteiger partial charge in [-0.3, -0.25) is 14.5 Å². The third-order valence-electron chi connectivity index (χ3n) is 4.44. The van der Waals surface area contributed by atoms with Crippen molar-refractivity contribution in [1.29, 1.82) is 0 Å². The predicted octanol–water partition coefficient (Wildman–Crippen LogP) is 5.21. The lowest BCUT2D eigenvalue weighted by molar-refractivity contribution is -0.127. The van der Waals surface area contributed by atoms with Gasteiger partial charge in [-0.25, -0.2) is 4.99 Å². The molecule has 7 heteroatoms. The summed E-state index contributed by atoms with van der Waals surface area (Å²) in [6.45, 7) is 8.00. The number of amidine groups is 1. The lowest BCUT2D eigenvalue weighted by Gasteiger charge is -2.14. The molecule has 0 aromatic heterocycles. The molecule has 150 valence electrons. The molecular weight excluding hydrogens is 450 g/mol. The quantitative estimate of drug-likeness (QED) is 0.587. The fourth-order valence-electron chi connectivity index (χ4n) is 2.91. The Morgan fingerprint density at radius 3 is 2.79 bits per heavy atom. The van der Waals surface area contributed by atoms with Gasteiger partial charge in [-0.1, -0.05) is 42.1 Å². The highest BCUT2D eigenvalue weighted by molar-refractivity contribution is 9.10. The van der Waals surface area contributed by atoms with Gasteiger partial charge in [-0.05, 0) is 59.1 Å². The van der Waals surface area contributed by atoms with E-state index in [0.717, 1.165) is 27.0 Å². The first-order valence-corrected chi connectivity index (χ1v) is 10.9. The van der Waals surface area contributed by atoms with Gasteiger partial charge in [0.1, 0.15) is 5.25 Å². The van der Waals surface area contributed by atoms with E-state index in [1.165, 1.54) is 11.8 Å². The number of benzene rings is 2. The van der Waals surface area contributed by atoms with Crippen molar-refractivity contribution in [1.82, 2.24) is 4.90 Å². The van der Waals surface area contributed by atoms with Crippen molar-refractivity contribution in [3.05, 3.63) is 70.7 Å². The van der Waals surface area contributed by atoms with Crippen LogP contribution in [0.2, 0.25) is 0 Å². The van der Waals surface area contributed by atoms with E-state index in [9.17, 15) is 9.59 Å². The predicted molar refractivity (Wildman–Crippen MR) is 124 cm³/mol. The molecule has 1 saturated heterocycles. The molecule has 5 nitrogen and oxygen atoms in total. The van der Waals surface area contributed by atoms with E-state index in [4.69, 9.17) is 0 Å². The summed E-state index contributed by atoms with van der Waals surface area (Å²) in [6.07, 6.45) is 1.74. The standard InChI is InChI=1S/C22H22BrN3O2S/c1-4-11-26-21(28)19(29-22(26)25-17-8-6-5-7-16(17)23)13-20(27)24-18-12-14(2)9-10-15(18)3/h4-10,12,19H,1,11,13H2,2-3H3,(H,24,27)/t19-/m1/s1. The molecule has 2 aromatic carbocycles. The summed E-state index contributed by atoms with van der Waals surface area (Å²) in [4.78, 5) is 31.7. The Bertz CT molecular complexity index is 990. The van der Waals surface area contributed by atoms with Crippen molar-refractivity contribution in [3.8, 4) is 0 Å². The highest BCUT2D eigenvalue weighted by atomic mass is 79.9. The summed E-state index contributed by atoms with van der Waals surface area (Å²) in [7, 11) is 0. The first kappa shape index (κ1) is 21.3. The zero-order valence-electron chi connectivity index (χ0n) is 16.3. The third-order valence-corrected chi connectivity index (χ3v) is 6.28. The molecule has 2 aromatic rings. The molecule has 0 bridgehead atoms. The van der Waals surface area contributed by atoms with Crippen LogP contribution in [0.15, 0.2) is 64.6 Å². The third kappa shape index (κ3) is 5.16. The van der Waals surface area contributed by atoms with E-state index in [0.29, 0.717) is 11.7 Å². The Balaban J connectivity index is 1.77. The van der Waals surface area contributed by atoms with Crippen LogP contribution in [0, 0.1) is 13.8 Å². The minimum absolute atomic E-state index is 0.0828. The number of aliphatic imine (C=N–C) groups is 1. The molecule has 1 aliphatic rings. The van der Waals surface area contributed by atoms with Crippen molar-refractivity contribution in [2.24, 2.45) is 4.99 Å². The number of hydrogen-bond acceptors (Lipinski definition) is 4. The highest BCUT2D eigenvalue weighted by Crippen LogP contribution is 2.34. The summed E-state index contributed by atoms with van der Waals surface area (Å²) >= 11 is 4.79. The average Bonchev–Trinajstić information content (AvgIpc) is 2.95. The minimum atomic E-state index is -0.513. The van der Waals surface area contributed by atoms with Crippen LogP contribution in [0.1, 0.15) is 17.5 Å². The first-order chi connectivity index (χ1) is 13.9. The molecule has 0 unspecified atom stereocenters. The Labute approximate surface area is 183 Å². The maximum absolute atomic E-state index is 12.9. The molecule has 1 fully saturated rings. The second-order valence-corrected chi connectivity index (χ2v) is 8.78. The van der Waals surface area contributed by atoms with Crippen molar-refractivity contribution < 1.29 is 9.59 Å². The van der Waals surface area contributed by atoms with E-state index in [1.54, 1.807) is 11.0 Å². The number of thioether (sulfide) groups is 1. The van der Waals surface area contributed by atoms with Crippen LogP contribution in [-0.4, -0.2) is 33.7 Å². The summed E-state index contributed by atoms with van der Waals surface area (Å²) < 4.78 is 0.843. The van der Waals surface area contributed by atoms with Crippen LogP contribution in [-0.2, 0) is 9.59 Å². The number of nitrogens with one attached hydrogen (secondary N) is 1. The second-order valence-electron chi connectivity index (χ2n) is 6.76. The van der Waals surface area contributed by atoms with Gasteiger partial charge in [-0.2, -0.15) is 0 Å². The fraction of sp³-hybridized carbons (Fsp3) is 0.227. The molecule has 1 N–H and O–H groups in total. The number of rotatable bonds is 6. The number of para-hydroxylation sites is 1. The van der Waals surface area contributed by atoms with Gasteiger partial charge >= 0.3 is 0 Å². The van der Waals surface area contributed by atoms with Gasteiger partial charge in [0.2, 0.25) is 11.8 Å². The summed E-state index contributed by atoms with van der Waals surface area (Å²) in [6, 6.07) is 13.5. The Morgan fingerprint density at radius 2 is 2.07 bits per heavy atom. The van der Waals surface area contributed by atoms with E-state index >= 15 is 0 Å². The molecule has 0 aliphatic carbocycles. The number of amides is 2. The molecule has 1 atom stereocenters. The van der Waals surface area contributed by atoms with E-state index in [-0.39, 0.29) is 18.2 Å². The highest BCUT2D eigenvalue weighted by Gasteiger charge is 2.38. The molecule has 1 aliphatic heterocycles. The summed E-state index contributed by atoms with van der Waals surface area (Å²) in [5.74, 6) is -0.318. The van der Waals surface area contributed by atoms with Gasteiger partial charge < -0.3 is 5.32 Å². The van der Waals surface area contributed by atoms with E-state index in [2.05, 4.69) is 32.8 Å². The molecule has 0 radical (unpaired) electrons. The van der Waals surface area contributed by atoms with E-state index < -0.39 is 5.25 Å². The number of halogens is 1. The van der Waals surface area contributed by atoms with Crippen molar-refractivity contribution in [2.45, 2.75) is 25.5 Å². The van der Waals surface area contributed by atoms with E-state index in [1.807, 2.05) is 56.3 Å². The Kier molecular flexibility index (Phi) is 6.92. The number of hydrogen-bond donors (Lipinski definition) is 1. The Morgan fingerprint density at radius 1 is 1.31 bits per heavy atom. The largest absolute Gasteiger partial charge is 0.326 e. The number of nitrogens with zero attached hydrogens (tertiary/aromatic N) is 2. The maximum Gasteiger partial charge on any atom is 0.242 e. The van der Waals surface area contributed by atoms with Crippen molar-refractivity contribution >= 4 is 56.0 Å². The number of carbonyl (C=O) groups is 2. The van der Waals surface area contributed by atoms with Crippen molar-refractivity contribution in [3.63, 3.8) is 0 Å². The van der Waals surface area contributed by atoms with Crippen LogP contribution in [0.25, 0.3) is 0 Å². The zero-order chi connectivity index (χ0) is 21.0. The SMILES string of the molecule is C=CCN1C(=O)[C@@H](CC(=O)Nc2cc(C)ccc2C)SC1=Nc1ccccc1Br. The topological polar surface area (TPSA) is 61.8 Å². The first-order valence-electron chi connectivity index (χ1n) is 9.18. The Hall–Kier alpha value is -2.38. The molecular formula is C22H22BrN3O2S. The summed E-state index contributed by atoms with van der Waals surface area (Å²) in [5, 5.41) is 2.99. The maximum atomic E-state index is 12.9. The van der Waals surface area contributed by atoms with Gasteiger partial charge in [0.05, 0.1) is 5.69 Å². The number of carbonyl (C=O) groups excluding carboxylic acids is 2. The van der Waals surface area contributed by atoms with Crippen LogP contribution in [0.3, 0.4) is 0 Å². The fourth-order valence-corrected chi connectivity index (χ4v) is 4.44. The zero-order valence-corrected chi connectivity index (χ0v) is 18.7. The van der Waals surface area contributed by atoms with Crippen LogP contribution in [0.4, 0.5) is 11.4 Å². The van der Waals surface area contributed by atoms with Gasteiger partial charge in [0.15, 0.2) is 5.17 Å². The number of aryl methyl sites for hydroxylation is 2. The van der Waals surface area contributed by atoms with Gasteiger partial charge in [-0.15, -0.1) is 6.58 Å². The molecule has 1 heterocycles. The lowest BCUT2D eigenvalue weighted by atomic mass is 10.1. The lowest BCUT2D eigenvalue weighted by Crippen LogP contribution is -2.33. The van der Waals surface area contributed by atoms with Crippen molar-refractivity contribution in [2.75, 3.05) is 11.9 Å². The molecule has 0 spiro atoms. The smallest absolute Gasteiger partial charge is 0.242 e. The minimum Gasteiger partial charge on any atom is -0.326 e. The molecule has 0 saturated carbocycles. The van der Waals surface area contributed by atoms with Crippen LogP contribution in [0.5, 0.6) is 0 Å².